The molecule has 322 valence electrons. The Bertz CT molecular complexity index is 2640. The smallest absolute Gasteiger partial charge is 0.438 e. The highest BCUT2D eigenvalue weighted by Crippen LogP contribution is 2.40. The lowest BCUT2D eigenvalue weighted by Gasteiger charge is -2.24. The van der Waals surface area contributed by atoms with Gasteiger partial charge in [-0.05, 0) is 59.0 Å². The Balaban J connectivity index is 1.10. The van der Waals surface area contributed by atoms with Crippen molar-refractivity contribution in [3.8, 4) is 28.7 Å². The number of benzene rings is 4. The zero-order chi connectivity index (χ0) is 43.6. The van der Waals surface area contributed by atoms with Crippen molar-refractivity contribution in [2.75, 3.05) is 62.3 Å². The van der Waals surface area contributed by atoms with Crippen LogP contribution in [0.2, 0.25) is 0 Å². The van der Waals surface area contributed by atoms with Crippen LogP contribution in [0.15, 0.2) is 94.4 Å². The van der Waals surface area contributed by atoms with Crippen LogP contribution in [0.4, 0.5) is 21.9 Å². The van der Waals surface area contributed by atoms with Crippen molar-refractivity contribution < 1.29 is 46.2 Å². The second-order valence-corrected chi connectivity index (χ2v) is 16.5. The lowest BCUT2D eigenvalue weighted by atomic mass is 9.86. The Labute approximate surface area is 352 Å². The summed E-state index contributed by atoms with van der Waals surface area (Å²) >= 11 is 0. The quantitative estimate of drug-likeness (QED) is 0.0592. The first kappa shape index (κ1) is 43.9. The van der Waals surface area contributed by atoms with Gasteiger partial charge >= 0.3 is 11.8 Å². The standard InChI is InChI=1S/C43H48N6O11S/c1-43(2,3)28-22-36(40(55-5)37(23-28)49-61(6,52)53)46-41(50)45-35-11-12-38(34-10-8-7-9-33(34)35)59-30-13-14-44-29(24-30)19-27-20-31(54-4)25-32(21-27)58-18-17-56-15-16-57-26-39-47-42(51)60-48-39/h7-14,20-25,49H,15-19,26H2,1-6H3,(H2,45,46,50)(H,47,48,51). The number of nitrogens with one attached hydrogen (secondary N) is 4. The Kier molecular flexibility index (Phi) is 14.1. The molecule has 0 aliphatic heterocycles. The molecule has 2 amide bonds. The van der Waals surface area contributed by atoms with Gasteiger partial charge in [-0.1, -0.05) is 50.2 Å². The van der Waals surface area contributed by atoms with Gasteiger partial charge in [0.1, 0.15) is 36.2 Å². The van der Waals surface area contributed by atoms with Crippen molar-refractivity contribution in [1.82, 2.24) is 15.1 Å². The van der Waals surface area contributed by atoms with Crippen LogP contribution < -0.4 is 40.1 Å². The van der Waals surface area contributed by atoms with Gasteiger partial charge in [0.2, 0.25) is 10.0 Å². The molecule has 0 aliphatic rings. The number of pyridine rings is 1. The molecule has 0 bridgehead atoms. The summed E-state index contributed by atoms with van der Waals surface area (Å²) in [4.78, 5) is 31.5. The summed E-state index contributed by atoms with van der Waals surface area (Å²) in [5, 5.41) is 10.8. The van der Waals surface area contributed by atoms with Crippen LogP contribution in [0.3, 0.4) is 0 Å². The van der Waals surface area contributed by atoms with Gasteiger partial charge in [0, 0.05) is 41.2 Å². The molecule has 0 aliphatic carbocycles. The molecule has 2 heterocycles. The third-order valence-corrected chi connectivity index (χ3v) is 9.59. The first-order valence-electron chi connectivity index (χ1n) is 19.1. The minimum Gasteiger partial charge on any atom is -0.497 e. The van der Waals surface area contributed by atoms with E-state index < -0.39 is 21.8 Å². The highest BCUT2D eigenvalue weighted by Gasteiger charge is 2.23. The molecule has 0 fully saturated rings. The first-order valence-corrected chi connectivity index (χ1v) is 21.0. The third-order valence-electron chi connectivity index (χ3n) is 9.00. The average molecular weight is 857 g/mol. The van der Waals surface area contributed by atoms with E-state index in [-0.39, 0.29) is 23.5 Å². The summed E-state index contributed by atoms with van der Waals surface area (Å²) in [6.07, 6.45) is 3.19. The average Bonchev–Trinajstić information content (AvgIpc) is 3.63. The number of hydrogen-bond donors (Lipinski definition) is 4. The predicted molar refractivity (Wildman–Crippen MR) is 230 cm³/mol. The van der Waals surface area contributed by atoms with E-state index in [0.717, 1.165) is 33.8 Å². The molecule has 0 radical (unpaired) electrons. The molecule has 18 heteroatoms. The SMILES string of the molecule is COc1cc(Cc2cc(Oc3ccc(NC(=O)Nc4cc(C(C)(C)C)cc(NS(C)(=O)=O)c4OC)c4ccccc34)ccn2)cc(OCCOCCOCc2noc(=O)[nH]2)c1. The molecule has 0 saturated heterocycles. The molecule has 17 nitrogen and oxygen atoms in total. The predicted octanol–water partition coefficient (Wildman–Crippen LogP) is 7.24. The number of sulfonamides is 1. The van der Waals surface area contributed by atoms with Gasteiger partial charge in [-0.25, -0.2) is 18.0 Å². The van der Waals surface area contributed by atoms with E-state index in [1.54, 1.807) is 49.7 Å². The minimum absolute atomic E-state index is 0.108. The Hall–Kier alpha value is -6.63. The number of aromatic nitrogens is 3. The summed E-state index contributed by atoms with van der Waals surface area (Å²) in [6.45, 7) is 7.30. The number of urea groups is 1. The van der Waals surface area contributed by atoms with E-state index in [4.69, 9.17) is 28.4 Å². The molecule has 4 aromatic carbocycles. The number of hydrogen-bond acceptors (Lipinski definition) is 13. The van der Waals surface area contributed by atoms with Crippen molar-refractivity contribution in [2.24, 2.45) is 0 Å². The molecular formula is C43H48N6O11S. The summed E-state index contributed by atoms with van der Waals surface area (Å²) in [5.41, 5.74) is 3.08. The summed E-state index contributed by atoms with van der Waals surface area (Å²) in [7, 11) is -0.654. The molecule has 61 heavy (non-hydrogen) atoms. The maximum Gasteiger partial charge on any atom is 0.438 e. The minimum atomic E-state index is -3.65. The second-order valence-electron chi connectivity index (χ2n) is 14.8. The molecule has 4 N–H and O–H groups in total. The normalized spacial score (nSPS) is 11.6. The number of rotatable bonds is 19. The van der Waals surface area contributed by atoms with Crippen molar-refractivity contribution in [1.29, 1.82) is 0 Å². The van der Waals surface area contributed by atoms with E-state index in [9.17, 15) is 18.0 Å². The molecular weight excluding hydrogens is 809 g/mol. The van der Waals surface area contributed by atoms with Gasteiger partial charge in [-0.15, -0.1) is 0 Å². The first-order chi connectivity index (χ1) is 29.2. The maximum absolute atomic E-state index is 13.5. The van der Waals surface area contributed by atoms with Crippen LogP contribution >= 0.6 is 0 Å². The monoisotopic (exact) mass is 856 g/mol. The van der Waals surface area contributed by atoms with Crippen LogP contribution in [0.1, 0.15) is 43.4 Å². The van der Waals surface area contributed by atoms with E-state index in [1.165, 1.54) is 7.11 Å². The van der Waals surface area contributed by atoms with Crippen molar-refractivity contribution >= 4 is 43.9 Å². The Morgan fingerprint density at radius 2 is 1.52 bits per heavy atom. The van der Waals surface area contributed by atoms with Gasteiger partial charge < -0.3 is 39.1 Å². The molecule has 0 atom stereocenters. The lowest BCUT2D eigenvalue weighted by molar-refractivity contribution is 0.0279. The maximum atomic E-state index is 13.5. The van der Waals surface area contributed by atoms with Gasteiger partial charge in [0.25, 0.3) is 0 Å². The molecule has 0 spiro atoms. The Morgan fingerprint density at radius 1 is 0.803 bits per heavy atom. The van der Waals surface area contributed by atoms with E-state index >= 15 is 0 Å². The summed E-state index contributed by atoms with van der Waals surface area (Å²) < 4.78 is 65.7. The summed E-state index contributed by atoms with van der Waals surface area (Å²) in [5.74, 6) is 2.20. The fourth-order valence-corrected chi connectivity index (χ4v) is 6.76. The van der Waals surface area contributed by atoms with Crippen molar-refractivity contribution in [2.45, 2.75) is 39.2 Å². The van der Waals surface area contributed by atoms with E-state index in [0.29, 0.717) is 73.0 Å². The summed E-state index contributed by atoms with van der Waals surface area (Å²) in [6, 6.07) is 23.2. The van der Waals surface area contributed by atoms with E-state index in [1.807, 2.05) is 63.2 Å². The van der Waals surface area contributed by atoms with Crippen LogP contribution in [-0.4, -0.2) is 76.5 Å². The molecule has 0 saturated carbocycles. The fourth-order valence-electron chi connectivity index (χ4n) is 6.21. The number of carbonyl (C=O) groups excluding carboxylic acids is 1. The number of nitrogens with zero attached hydrogens (tertiary/aromatic N) is 2. The number of H-pyrrole nitrogens is 1. The number of carbonyl (C=O) groups is 1. The van der Waals surface area contributed by atoms with Crippen LogP contribution in [0.5, 0.6) is 28.7 Å². The number of ether oxygens (including phenoxy) is 6. The molecule has 6 rings (SSSR count). The Morgan fingerprint density at radius 3 is 2.25 bits per heavy atom. The number of anilines is 3. The molecule has 2 aromatic heterocycles. The fraction of sp³-hybridized carbons (Fsp3) is 0.302. The van der Waals surface area contributed by atoms with Gasteiger partial charge in [0.05, 0.1) is 57.4 Å². The zero-order valence-electron chi connectivity index (χ0n) is 34.6. The lowest BCUT2D eigenvalue weighted by Crippen LogP contribution is -2.22. The van der Waals surface area contributed by atoms with Crippen LogP contribution in [0.25, 0.3) is 10.8 Å². The van der Waals surface area contributed by atoms with Gasteiger partial charge in [-0.2, -0.15) is 0 Å². The van der Waals surface area contributed by atoms with E-state index in [2.05, 4.69) is 35.0 Å². The highest BCUT2D eigenvalue weighted by molar-refractivity contribution is 7.92. The van der Waals surface area contributed by atoms with Gasteiger partial charge in [-0.3, -0.25) is 19.2 Å². The number of methoxy groups -OCH3 is 2. The number of aromatic amines is 1. The highest BCUT2D eigenvalue weighted by atomic mass is 32.2. The number of amides is 2. The van der Waals surface area contributed by atoms with Gasteiger partial charge in [0.15, 0.2) is 11.6 Å². The molecule has 6 aromatic rings. The van der Waals surface area contributed by atoms with Crippen LogP contribution in [-0.2, 0) is 37.9 Å². The number of fused-ring (bicyclic) bond motifs is 1. The van der Waals surface area contributed by atoms with Crippen LogP contribution in [0, 0.1) is 0 Å². The molecule has 0 unspecified atom stereocenters. The largest absolute Gasteiger partial charge is 0.497 e. The third kappa shape index (κ3) is 12.4. The van der Waals surface area contributed by atoms with Crippen molar-refractivity contribution in [3.63, 3.8) is 0 Å². The topological polar surface area (TPSA) is 214 Å². The zero-order valence-corrected chi connectivity index (χ0v) is 35.4. The second kappa shape index (κ2) is 19.6. The van der Waals surface area contributed by atoms with Crippen molar-refractivity contribution in [3.05, 3.63) is 118 Å².